The van der Waals surface area contributed by atoms with Crippen molar-refractivity contribution >= 4 is 11.6 Å². The van der Waals surface area contributed by atoms with Crippen LogP contribution in [0.4, 0.5) is 5.69 Å². The molecule has 0 bridgehead atoms. The highest BCUT2D eigenvalue weighted by molar-refractivity contribution is 5.93. The Morgan fingerprint density at radius 2 is 2.29 bits per heavy atom. The SMILES string of the molecule is O=C(Nc1ccc2c(c1)CCCO2)C1CNC1. The highest BCUT2D eigenvalue weighted by Crippen LogP contribution is 2.27. The molecule has 2 heterocycles. The lowest BCUT2D eigenvalue weighted by molar-refractivity contribution is -0.121. The molecule has 4 heteroatoms. The average Bonchev–Trinajstić information content (AvgIpc) is 2.26. The van der Waals surface area contributed by atoms with Gasteiger partial charge in [-0.1, -0.05) is 0 Å². The number of benzene rings is 1. The Morgan fingerprint density at radius 1 is 1.41 bits per heavy atom. The number of aryl methyl sites for hydroxylation is 1. The van der Waals surface area contributed by atoms with E-state index in [2.05, 4.69) is 10.6 Å². The fourth-order valence-corrected chi connectivity index (χ4v) is 2.16. The Hall–Kier alpha value is -1.55. The molecule has 0 aromatic heterocycles. The van der Waals surface area contributed by atoms with Crippen LogP contribution in [0.25, 0.3) is 0 Å². The molecule has 2 N–H and O–H groups in total. The van der Waals surface area contributed by atoms with Crippen molar-refractivity contribution in [3.05, 3.63) is 23.8 Å². The van der Waals surface area contributed by atoms with Gasteiger partial charge in [0.1, 0.15) is 5.75 Å². The number of fused-ring (bicyclic) bond motifs is 1. The molecule has 1 amide bonds. The number of rotatable bonds is 2. The maximum Gasteiger partial charge on any atom is 0.230 e. The molecule has 0 saturated carbocycles. The van der Waals surface area contributed by atoms with Crippen LogP contribution >= 0.6 is 0 Å². The quantitative estimate of drug-likeness (QED) is 0.804. The first-order valence-corrected chi connectivity index (χ1v) is 6.10. The molecule has 17 heavy (non-hydrogen) atoms. The minimum Gasteiger partial charge on any atom is -0.493 e. The van der Waals surface area contributed by atoms with Gasteiger partial charge in [0.2, 0.25) is 5.91 Å². The van der Waals surface area contributed by atoms with Crippen LogP contribution < -0.4 is 15.4 Å². The second-order valence-electron chi connectivity index (χ2n) is 4.62. The van der Waals surface area contributed by atoms with E-state index in [0.29, 0.717) is 0 Å². The van der Waals surface area contributed by atoms with Crippen molar-refractivity contribution < 1.29 is 9.53 Å². The molecule has 1 aromatic rings. The van der Waals surface area contributed by atoms with Crippen LogP contribution in [0.5, 0.6) is 5.75 Å². The zero-order valence-electron chi connectivity index (χ0n) is 9.66. The van der Waals surface area contributed by atoms with Gasteiger partial charge in [-0.15, -0.1) is 0 Å². The predicted octanol–water partition coefficient (Wildman–Crippen LogP) is 1.17. The summed E-state index contributed by atoms with van der Waals surface area (Å²) in [7, 11) is 0. The summed E-state index contributed by atoms with van der Waals surface area (Å²) >= 11 is 0. The lowest BCUT2D eigenvalue weighted by atomic mass is 10.0. The maximum absolute atomic E-state index is 11.8. The molecular weight excluding hydrogens is 216 g/mol. The maximum atomic E-state index is 11.8. The smallest absolute Gasteiger partial charge is 0.230 e. The number of carbonyl (C=O) groups excluding carboxylic acids is 1. The van der Waals surface area contributed by atoms with Crippen molar-refractivity contribution in [1.82, 2.24) is 5.32 Å². The van der Waals surface area contributed by atoms with Gasteiger partial charge in [-0.2, -0.15) is 0 Å². The van der Waals surface area contributed by atoms with Gasteiger partial charge in [0.15, 0.2) is 0 Å². The molecule has 90 valence electrons. The highest BCUT2D eigenvalue weighted by Gasteiger charge is 2.24. The molecule has 1 saturated heterocycles. The first-order valence-electron chi connectivity index (χ1n) is 6.10. The Bertz CT molecular complexity index is 441. The number of nitrogens with one attached hydrogen (secondary N) is 2. The number of ether oxygens (including phenoxy) is 1. The molecular formula is C13H16N2O2. The third-order valence-electron chi connectivity index (χ3n) is 3.33. The van der Waals surface area contributed by atoms with Crippen molar-refractivity contribution in [2.24, 2.45) is 5.92 Å². The van der Waals surface area contributed by atoms with Gasteiger partial charge in [-0.05, 0) is 36.6 Å². The van der Waals surface area contributed by atoms with Crippen molar-refractivity contribution in [3.8, 4) is 5.75 Å². The van der Waals surface area contributed by atoms with Gasteiger partial charge in [0, 0.05) is 18.8 Å². The van der Waals surface area contributed by atoms with E-state index < -0.39 is 0 Å². The Balaban J connectivity index is 1.72. The Morgan fingerprint density at radius 3 is 3.06 bits per heavy atom. The fraction of sp³-hybridized carbons (Fsp3) is 0.462. The van der Waals surface area contributed by atoms with E-state index in [1.54, 1.807) is 0 Å². The largest absolute Gasteiger partial charge is 0.493 e. The minimum absolute atomic E-state index is 0.112. The van der Waals surface area contributed by atoms with Gasteiger partial charge in [0.25, 0.3) is 0 Å². The molecule has 2 aliphatic rings. The third kappa shape index (κ3) is 2.13. The summed E-state index contributed by atoms with van der Waals surface area (Å²) < 4.78 is 5.54. The van der Waals surface area contributed by atoms with Gasteiger partial charge in [-0.25, -0.2) is 0 Å². The summed E-state index contributed by atoms with van der Waals surface area (Å²) in [4.78, 5) is 11.8. The number of amides is 1. The summed E-state index contributed by atoms with van der Waals surface area (Å²) in [5.74, 6) is 1.20. The molecule has 0 atom stereocenters. The topological polar surface area (TPSA) is 50.4 Å². The van der Waals surface area contributed by atoms with E-state index in [4.69, 9.17) is 4.74 Å². The van der Waals surface area contributed by atoms with Crippen molar-refractivity contribution in [2.75, 3.05) is 25.0 Å². The summed E-state index contributed by atoms with van der Waals surface area (Å²) in [6, 6.07) is 5.88. The molecule has 1 fully saturated rings. The lowest BCUT2D eigenvalue weighted by Crippen LogP contribution is -2.48. The average molecular weight is 232 g/mol. The van der Waals surface area contributed by atoms with Crippen LogP contribution in [-0.2, 0) is 11.2 Å². The monoisotopic (exact) mass is 232 g/mol. The molecule has 0 spiro atoms. The van der Waals surface area contributed by atoms with Crippen molar-refractivity contribution in [2.45, 2.75) is 12.8 Å². The minimum atomic E-state index is 0.112. The summed E-state index contributed by atoms with van der Waals surface area (Å²) in [6.45, 7) is 2.38. The predicted molar refractivity (Wildman–Crippen MR) is 65.2 cm³/mol. The van der Waals surface area contributed by atoms with Crippen LogP contribution in [0.2, 0.25) is 0 Å². The van der Waals surface area contributed by atoms with Crippen molar-refractivity contribution in [3.63, 3.8) is 0 Å². The molecule has 4 nitrogen and oxygen atoms in total. The van der Waals surface area contributed by atoms with Gasteiger partial charge < -0.3 is 15.4 Å². The van der Waals surface area contributed by atoms with E-state index in [1.165, 1.54) is 5.56 Å². The van der Waals surface area contributed by atoms with E-state index in [-0.39, 0.29) is 11.8 Å². The van der Waals surface area contributed by atoms with Crippen LogP contribution in [0.1, 0.15) is 12.0 Å². The molecule has 0 aliphatic carbocycles. The Kier molecular flexibility index (Phi) is 2.73. The zero-order valence-corrected chi connectivity index (χ0v) is 9.66. The number of hydrogen-bond donors (Lipinski definition) is 2. The van der Waals surface area contributed by atoms with Gasteiger partial charge in [0.05, 0.1) is 12.5 Å². The van der Waals surface area contributed by atoms with Gasteiger partial charge >= 0.3 is 0 Å². The zero-order chi connectivity index (χ0) is 11.7. The molecule has 1 aromatic carbocycles. The normalized spacial score (nSPS) is 18.8. The second kappa shape index (κ2) is 4.37. The summed E-state index contributed by atoms with van der Waals surface area (Å²) in [6.07, 6.45) is 2.08. The molecule has 0 radical (unpaired) electrons. The second-order valence-corrected chi connectivity index (χ2v) is 4.62. The Labute approximate surface area is 100 Å². The highest BCUT2D eigenvalue weighted by atomic mass is 16.5. The van der Waals surface area contributed by atoms with Crippen LogP contribution in [0, 0.1) is 5.92 Å². The molecule has 2 aliphatic heterocycles. The number of carbonyl (C=O) groups is 1. The number of hydrogen-bond acceptors (Lipinski definition) is 3. The van der Waals surface area contributed by atoms with E-state index in [0.717, 1.165) is 44.0 Å². The molecule has 3 rings (SSSR count). The standard InChI is InChI=1S/C13H16N2O2/c16-13(10-7-14-8-10)15-11-3-4-12-9(6-11)2-1-5-17-12/h3-4,6,10,14H,1-2,5,7-8H2,(H,15,16). The first-order chi connectivity index (χ1) is 8.33. The number of anilines is 1. The summed E-state index contributed by atoms with van der Waals surface area (Å²) in [5.41, 5.74) is 2.08. The van der Waals surface area contributed by atoms with Crippen LogP contribution in [0.3, 0.4) is 0 Å². The van der Waals surface area contributed by atoms with E-state index in [1.807, 2.05) is 18.2 Å². The van der Waals surface area contributed by atoms with Gasteiger partial charge in [-0.3, -0.25) is 4.79 Å². The van der Waals surface area contributed by atoms with Crippen LogP contribution in [0.15, 0.2) is 18.2 Å². The molecule has 0 unspecified atom stereocenters. The van der Waals surface area contributed by atoms with Crippen molar-refractivity contribution in [1.29, 1.82) is 0 Å². The summed E-state index contributed by atoms with van der Waals surface area (Å²) in [5, 5.41) is 6.06. The fourth-order valence-electron chi connectivity index (χ4n) is 2.16. The van der Waals surface area contributed by atoms with Crippen LogP contribution in [-0.4, -0.2) is 25.6 Å². The van der Waals surface area contributed by atoms with E-state index in [9.17, 15) is 4.79 Å². The van der Waals surface area contributed by atoms with E-state index >= 15 is 0 Å². The third-order valence-corrected chi connectivity index (χ3v) is 3.33. The lowest BCUT2D eigenvalue weighted by Gasteiger charge is -2.26. The first kappa shape index (κ1) is 10.6.